The number of rotatable bonds is 1. The number of ether oxygens (including phenoxy) is 1. The minimum Gasteiger partial charge on any atom is -0.465 e. The van der Waals surface area contributed by atoms with Gasteiger partial charge in [-0.05, 0) is 11.4 Å². The van der Waals surface area contributed by atoms with Crippen LogP contribution in [0.5, 0.6) is 0 Å². The van der Waals surface area contributed by atoms with E-state index in [2.05, 4.69) is 4.98 Å². The number of nitrogens with one attached hydrogen (secondary N) is 1. The van der Waals surface area contributed by atoms with E-state index in [1.54, 1.807) is 17.5 Å². The number of carbonyl (C=O) groups is 1. The lowest BCUT2D eigenvalue weighted by atomic mass is 10.1. The Labute approximate surface area is 106 Å². The van der Waals surface area contributed by atoms with E-state index in [9.17, 15) is 9.59 Å². The van der Waals surface area contributed by atoms with Crippen molar-refractivity contribution < 1.29 is 9.53 Å². The minimum atomic E-state index is -0.453. The fourth-order valence-corrected chi connectivity index (χ4v) is 2.88. The van der Waals surface area contributed by atoms with E-state index in [0.717, 1.165) is 10.8 Å². The summed E-state index contributed by atoms with van der Waals surface area (Å²) in [7, 11) is 1.32. The van der Waals surface area contributed by atoms with Crippen LogP contribution in [0.4, 0.5) is 0 Å². The fourth-order valence-electron chi connectivity index (χ4n) is 2.05. The van der Waals surface area contributed by atoms with E-state index in [1.807, 2.05) is 11.4 Å². The summed E-state index contributed by atoms with van der Waals surface area (Å²) >= 11 is 1.47. The number of hydrogen-bond donors (Lipinski definition) is 1. The third-order valence-corrected chi connectivity index (χ3v) is 3.65. The molecule has 0 radical (unpaired) electrons. The highest BCUT2D eigenvalue weighted by Crippen LogP contribution is 2.26. The predicted octanol–water partition coefficient (Wildman–Crippen LogP) is 2.53. The van der Waals surface area contributed by atoms with Crippen molar-refractivity contribution in [2.45, 2.75) is 0 Å². The highest BCUT2D eigenvalue weighted by atomic mass is 32.1. The van der Waals surface area contributed by atoms with Crippen LogP contribution < -0.4 is 5.56 Å². The van der Waals surface area contributed by atoms with Gasteiger partial charge >= 0.3 is 5.97 Å². The smallest absolute Gasteiger partial charge is 0.339 e. The van der Waals surface area contributed by atoms with Crippen LogP contribution in [0.15, 0.2) is 33.8 Å². The van der Waals surface area contributed by atoms with Crippen LogP contribution in [0.1, 0.15) is 10.4 Å². The number of methoxy groups -OCH3 is 1. The zero-order chi connectivity index (χ0) is 12.7. The van der Waals surface area contributed by atoms with Crippen molar-refractivity contribution in [3.05, 3.63) is 44.9 Å². The van der Waals surface area contributed by atoms with Crippen molar-refractivity contribution in [1.29, 1.82) is 0 Å². The molecule has 3 rings (SSSR count). The summed E-state index contributed by atoms with van der Waals surface area (Å²) in [6.07, 6.45) is 0. The van der Waals surface area contributed by atoms with Crippen LogP contribution in [-0.2, 0) is 4.74 Å². The highest BCUT2D eigenvalue weighted by molar-refractivity contribution is 7.09. The van der Waals surface area contributed by atoms with Crippen LogP contribution in [0.25, 0.3) is 21.7 Å². The standard InChI is InChI=1S/C13H9NO3S/c1-17-13(16)8-4-2-3-7-9-5-18-6-10(9)12(15)14-11(7)8/h2-6H,1H3,(H,14,15). The first-order chi connectivity index (χ1) is 8.72. The molecule has 0 saturated carbocycles. The van der Waals surface area contributed by atoms with Crippen molar-refractivity contribution in [2.75, 3.05) is 7.11 Å². The third-order valence-electron chi connectivity index (χ3n) is 2.91. The quantitative estimate of drug-likeness (QED) is 0.683. The van der Waals surface area contributed by atoms with Gasteiger partial charge in [0.25, 0.3) is 5.56 Å². The first-order valence-corrected chi connectivity index (χ1v) is 6.26. The largest absolute Gasteiger partial charge is 0.465 e. The molecule has 1 N–H and O–H groups in total. The molecule has 0 aliphatic heterocycles. The summed E-state index contributed by atoms with van der Waals surface area (Å²) in [6, 6.07) is 5.30. The van der Waals surface area contributed by atoms with Crippen LogP contribution >= 0.6 is 11.3 Å². The van der Waals surface area contributed by atoms with Crippen molar-refractivity contribution in [3.63, 3.8) is 0 Å². The molecule has 2 aromatic heterocycles. The second-order valence-electron chi connectivity index (χ2n) is 3.87. The molecule has 2 heterocycles. The maximum absolute atomic E-state index is 11.9. The lowest BCUT2D eigenvalue weighted by Crippen LogP contribution is -2.09. The molecule has 3 aromatic rings. The average Bonchev–Trinajstić information content (AvgIpc) is 2.87. The number of fused-ring (bicyclic) bond motifs is 3. The van der Waals surface area contributed by atoms with Crippen LogP contribution in [-0.4, -0.2) is 18.1 Å². The van der Waals surface area contributed by atoms with Gasteiger partial charge in [-0.15, -0.1) is 0 Å². The Bertz CT molecular complexity index is 816. The monoisotopic (exact) mass is 259 g/mol. The van der Waals surface area contributed by atoms with Gasteiger partial charge in [-0.25, -0.2) is 4.79 Å². The number of para-hydroxylation sites is 1. The summed E-state index contributed by atoms with van der Waals surface area (Å²) in [5.41, 5.74) is 0.718. The molecule has 0 saturated heterocycles. The number of carbonyl (C=O) groups excluding carboxylic acids is 1. The maximum Gasteiger partial charge on any atom is 0.339 e. The summed E-state index contributed by atoms with van der Waals surface area (Å²) < 4.78 is 4.72. The Morgan fingerprint density at radius 2 is 2.00 bits per heavy atom. The van der Waals surface area contributed by atoms with Crippen molar-refractivity contribution >= 4 is 39.0 Å². The van der Waals surface area contributed by atoms with Gasteiger partial charge in [0.1, 0.15) is 0 Å². The summed E-state index contributed by atoms with van der Waals surface area (Å²) in [6.45, 7) is 0. The van der Waals surface area contributed by atoms with Gasteiger partial charge in [-0.2, -0.15) is 11.3 Å². The van der Waals surface area contributed by atoms with Crippen LogP contribution in [0, 0.1) is 0 Å². The van der Waals surface area contributed by atoms with Gasteiger partial charge in [-0.3, -0.25) is 4.79 Å². The lowest BCUT2D eigenvalue weighted by Gasteiger charge is -2.05. The average molecular weight is 259 g/mol. The van der Waals surface area contributed by atoms with E-state index in [-0.39, 0.29) is 5.56 Å². The van der Waals surface area contributed by atoms with Gasteiger partial charge in [-0.1, -0.05) is 12.1 Å². The van der Waals surface area contributed by atoms with Gasteiger partial charge in [0.15, 0.2) is 0 Å². The summed E-state index contributed by atoms with van der Waals surface area (Å²) in [4.78, 5) is 26.3. The highest BCUT2D eigenvalue weighted by Gasteiger charge is 2.13. The molecule has 0 aliphatic rings. The first-order valence-electron chi connectivity index (χ1n) is 5.31. The Morgan fingerprint density at radius 3 is 2.78 bits per heavy atom. The number of aromatic amines is 1. The number of H-pyrrole nitrogens is 1. The maximum atomic E-state index is 11.9. The molecule has 0 spiro atoms. The Morgan fingerprint density at radius 1 is 1.22 bits per heavy atom. The number of pyridine rings is 1. The summed E-state index contributed by atoms with van der Waals surface area (Å²) in [5.74, 6) is -0.453. The van der Waals surface area contributed by atoms with Gasteiger partial charge < -0.3 is 9.72 Å². The molecule has 90 valence electrons. The number of benzene rings is 1. The lowest BCUT2D eigenvalue weighted by molar-refractivity contribution is 0.0603. The molecule has 4 nitrogen and oxygen atoms in total. The second-order valence-corrected chi connectivity index (χ2v) is 4.62. The summed E-state index contributed by atoms with van der Waals surface area (Å²) in [5, 5.41) is 6.08. The molecule has 0 fully saturated rings. The first kappa shape index (κ1) is 11.0. The minimum absolute atomic E-state index is 0.185. The Kier molecular flexibility index (Phi) is 2.41. The van der Waals surface area contributed by atoms with Gasteiger partial charge in [0.2, 0.25) is 0 Å². The molecule has 0 aliphatic carbocycles. The van der Waals surface area contributed by atoms with E-state index < -0.39 is 5.97 Å². The Hall–Kier alpha value is -2.14. The normalized spacial score (nSPS) is 10.9. The Balaban J connectivity index is 2.52. The molecular formula is C13H9NO3S. The number of esters is 1. The zero-order valence-electron chi connectivity index (χ0n) is 9.52. The van der Waals surface area contributed by atoms with Gasteiger partial charge in [0, 0.05) is 16.2 Å². The second kappa shape index (κ2) is 3.96. The van der Waals surface area contributed by atoms with E-state index in [4.69, 9.17) is 4.74 Å². The molecule has 0 atom stereocenters. The molecule has 18 heavy (non-hydrogen) atoms. The van der Waals surface area contributed by atoms with Crippen molar-refractivity contribution in [3.8, 4) is 0 Å². The van der Waals surface area contributed by atoms with E-state index in [1.165, 1.54) is 18.4 Å². The van der Waals surface area contributed by atoms with Crippen molar-refractivity contribution in [1.82, 2.24) is 4.98 Å². The van der Waals surface area contributed by atoms with Crippen LogP contribution in [0.2, 0.25) is 0 Å². The topological polar surface area (TPSA) is 59.2 Å². The third kappa shape index (κ3) is 1.44. The molecular weight excluding hydrogens is 250 g/mol. The van der Waals surface area contributed by atoms with E-state index in [0.29, 0.717) is 16.5 Å². The molecule has 0 unspecified atom stereocenters. The molecule has 0 bridgehead atoms. The number of aromatic nitrogens is 1. The van der Waals surface area contributed by atoms with Crippen molar-refractivity contribution in [2.24, 2.45) is 0 Å². The fraction of sp³-hybridized carbons (Fsp3) is 0.0769. The number of thiophene rings is 1. The van der Waals surface area contributed by atoms with E-state index >= 15 is 0 Å². The zero-order valence-corrected chi connectivity index (χ0v) is 10.3. The van der Waals surface area contributed by atoms with Gasteiger partial charge in [0.05, 0.1) is 23.6 Å². The predicted molar refractivity (Wildman–Crippen MR) is 71.3 cm³/mol. The molecule has 5 heteroatoms. The molecule has 1 aromatic carbocycles. The van der Waals surface area contributed by atoms with Crippen LogP contribution in [0.3, 0.4) is 0 Å². The number of hydrogen-bond acceptors (Lipinski definition) is 4. The SMILES string of the molecule is COC(=O)c1cccc2c1[nH]c(=O)c1cscc12. The molecule has 0 amide bonds.